The van der Waals surface area contributed by atoms with E-state index < -0.39 is 17.7 Å². The van der Waals surface area contributed by atoms with Crippen LogP contribution in [0.3, 0.4) is 0 Å². The summed E-state index contributed by atoms with van der Waals surface area (Å²) in [5.41, 5.74) is 2.57. The summed E-state index contributed by atoms with van der Waals surface area (Å²) in [4.78, 5) is 18.7. The molecule has 0 fully saturated rings. The largest absolute Gasteiger partial charge is 0.497 e. The molecule has 1 aliphatic rings. The molecule has 9 heteroatoms. The molecular formula is C28H21ClF3NO3S. The van der Waals surface area contributed by atoms with E-state index in [0.29, 0.717) is 51.2 Å². The maximum atomic E-state index is 13.3. The molecule has 2 aromatic carbocycles. The molecule has 0 saturated carbocycles. The molecule has 5 rings (SSSR count). The van der Waals surface area contributed by atoms with Crippen LogP contribution < -0.4 is 4.74 Å². The summed E-state index contributed by atoms with van der Waals surface area (Å²) in [6.07, 6.45) is -1.31. The molecule has 0 radical (unpaired) electrons. The molecule has 0 bridgehead atoms. The van der Waals surface area contributed by atoms with Gasteiger partial charge in [0.2, 0.25) is 0 Å². The highest BCUT2D eigenvalue weighted by molar-refractivity contribution is 7.16. The maximum Gasteiger partial charge on any atom is 0.417 e. The lowest BCUT2D eigenvalue weighted by Crippen LogP contribution is -2.17. The van der Waals surface area contributed by atoms with Crippen molar-refractivity contribution in [1.82, 2.24) is 4.98 Å². The number of benzene rings is 2. The molecule has 1 unspecified atom stereocenters. The predicted octanol–water partition coefficient (Wildman–Crippen LogP) is 8.47. The summed E-state index contributed by atoms with van der Waals surface area (Å²) >= 11 is 7.13. The molecule has 0 spiro atoms. The first-order valence-corrected chi connectivity index (χ1v) is 12.7. The number of aromatic nitrogens is 1. The highest BCUT2D eigenvalue weighted by Crippen LogP contribution is 2.42. The second kappa shape index (κ2) is 9.50. The first-order valence-electron chi connectivity index (χ1n) is 11.5. The Morgan fingerprint density at radius 1 is 1.16 bits per heavy atom. The van der Waals surface area contributed by atoms with E-state index in [-0.39, 0.29) is 16.5 Å². The number of alkyl halides is 3. The summed E-state index contributed by atoms with van der Waals surface area (Å²) in [5.74, 6) is -0.280. The molecule has 37 heavy (non-hydrogen) atoms. The molecule has 4 nitrogen and oxygen atoms in total. The number of halogens is 4. The van der Waals surface area contributed by atoms with Crippen LogP contribution >= 0.6 is 22.9 Å². The fraction of sp³-hybridized carbons (Fsp3) is 0.214. The number of hydrogen-bond acceptors (Lipinski definition) is 4. The number of aromatic carboxylic acids is 1. The minimum Gasteiger partial charge on any atom is -0.497 e. The Morgan fingerprint density at radius 3 is 2.65 bits per heavy atom. The van der Waals surface area contributed by atoms with Gasteiger partial charge in [-0.2, -0.15) is 13.2 Å². The zero-order chi connectivity index (χ0) is 26.5. The number of carboxylic acid groups (broad SMARTS) is 1. The Bertz CT molecular complexity index is 1580. The van der Waals surface area contributed by atoms with Crippen LogP contribution in [0, 0.1) is 5.92 Å². The number of ether oxygens (including phenoxy) is 1. The molecule has 1 N–H and O–H groups in total. The Kier molecular flexibility index (Phi) is 6.50. The van der Waals surface area contributed by atoms with E-state index in [0.717, 1.165) is 16.5 Å². The number of allylic oxidation sites excluding steroid dienone is 1. The van der Waals surface area contributed by atoms with Crippen LogP contribution in [0.1, 0.15) is 45.4 Å². The van der Waals surface area contributed by atoms with Gasteiger partial charge in [0.25, 0.3) is 0 Å². The number of carboxylic acids is 1. The second-order valence-corrected chi connectivity index (χ2v) is 10.6. The predicted molar refractivity (Wildman–Crippen MR) is 140 cm³/mol. The Hall–Kier alpha value is -3.36. The van der Waals surface area contributed by atoms with Crippen molar-refractivity contribution in [1.29, 1.82) is 0 Å². The first kappa shape index (κ1) is 25.3. The van der Waals surface area contributed by atoms with Crippen LogP contribution in [0.4, 0.5) is 13.2 Å². The smallest absolute Gasteiger partial charge is 0.417 e. The summed E-state index contributed by atoms with van der Waals surface area (Å²) in [5, 5.41) is 10.3. The van der Waals surface area contributed by atoms with Gasteiger partial charge in [0.05, 0.1) is 34.5 Å². The van der Waals surface area contributed by atoms with Gasteiger partial charge in [0.15, 0.2) is 0 Å². The lowest BCUT2D eigenvalue weighted by atomic mass is 9.81. The zero-order valence-electron chi connectivity index (χ0n) is 19.8. The average molecular weight is 544 g/mol. The molecule has 190 valence electrons. The van der Waals surface area contributed by atoms with Gasteiger partial charge in [0, 0.05) is 15.1 Å². The van der Waals surface area contributed by atoms with Gasteiger partial charge < -0.3 is 9.84 Å². The summed E-state index contributed by atoms with van der Waals surface area (Å²) in [7, 11) is 1.53. The normalized spacial score (nSPS) is 16.7. The maximum absolute atomic E-state index is 13.3. The van der Waals surface area contributed by atoms with Crippen molar-refractivity contribution in [2.75, 3.05) is 7.11 Å². The van der Waals surface area contributed by atoms with Crippen molar-refractivity contribution in [3.63, 3.8) is 0 Å². The van der Waals surface area contributed by atoms with E-state index in [1.165, 1.54) is 24.5 Å². The standard InChI is InChI=1S/C28H21ClF3NO3S/c1-14-9-16(11-18-5-8-24(37-18)15-3-6-22(29)21(12-15)28(30,31)32)26-20(10-14)25(27(34)35)19-13-17(36-2)4-7-23(19)33-26/h3-8,11-14H,9-10H2,1-2H3,(H,34,35)/b16-11+. The summed E-state index contributed by atoms with van der Waals surface area (Å²) < 4.78 is 45.3. The van der Waals surface area contributed by atoms with Crippen LogP contribution in [0.2, 0.25) is 5.02 Å². The first-order chi connectivity index (χ1) is 17.5. The fourth-order valence-corrected chi connectivity index (χ4v) is 5.99. The van der Waals surface area contributed by atoms with Gasteiger partial charge in [-0.3, -0.25) is 0 Å². The number of fused-ring (bicyclic) bond motifs is 2. The summed E-state index contributed by atoms with van der Waals surface area (Å²) in [6, 6.07) is 12.7. The van der Waals surface area contributed by atoms with E-state index in [4.69, 9.17) is 21.3 Å². The van der Waals surface area contributed by atoms with Crippen LogP contribution in [-0.4, -0.2) is 23.2 Å². The molecule has 1 aliphatic carbocycles. The highest BCUT2D eigenvalue weighted by atomic mass is 35.5. The quantitative estimate of drug-likeness (QED) is 0.280. The van der Waals surface area contributed by atoms with Gasteiger partial charge in [-0.25, -0.2) is 9.78 Å². The second-order valence-electron chi connectivity index (χ2n) is 9.08. The van der Waals surface area contributed by atoms with Crippen molar-refractivity contribution in [2.45, 2.75) is 25.9 Å². The van der Waals surface area contributed by atoms with Crippen LogP contribution in [0.15, 0.2) is 48.5 Å². The highest BCUT2D eigenvalue weighted by Gasteiger charge is 2.33. The number of thiophene rings is 1. The van der Waals surface area contributed by atoms with Crippen molar-refractivity contribution in [3.8, 4) is 16.2 Å². The van der Waals surface area contributed by atoms with Crippen LogP contribution in [-0.2, 0) is 12.6 Å². The number of nitrogens with zero attached hydrogens (tertiary/aromatic N) is 1. The van der Waals surface area contributed by atoms with E-state index in [1.807, 2.05) is 12.1 Å². The van der Waals surface area contributed by atoms with E-state index in [2.05, 4.69) is 6.92 Å². The van der Waals surface area contributed by atoms with Gasteiger partial charge in [-0.1, -0.05) is 24.6 Å². The van der Waals surface area contributed by atoms with Crippen molar-refractivity contribution in [2.24, 2.45) is 5.92 Å². The van der Waals surface area contributed by atoms with Crippen LogP contribution in [0.5, 0.6) is 5.75 Å². The van der Waals surface area contributed by atoms with E-state index in [9.17, 15) is 23.1 Å². The van der Waals surface area contributed by atoms with Gasteiger partial charge in [-0.05, 0) is 84.0 Å². The summed E-state index contributed by atoms with van der Waals surface area (Å²) in [6.45, 7) is 2.06. The third kappa shape index (κ3) is 4.83. The molecule has 0 aliphatic heterocycles. The fourth-order valence-electron chi connectivity index (χ4n) is 4.79. The minimum atomic E-state index is -4.54. The zero-order valence-corrected chi connectivity index (χ0v) is 21.4. The average Bonchev–Trinajstić information content (AvgIpc) is 3.30. The molecule has 2 aromatic heterocycles. The van der Waals surface area contributed by atoms with Crippen molar-refractivity contribution in [3.05, 3.63) is 80.8 Å². The van der Waals surface area contributed by atoms with Gasteiger partial charge >= 0.3 is 12.1 Å². The molecule has 4 aromatic rings. The number of pyridine rings is 1. The van der Waals surface area contributed by atoms with Crippen molar-refractivity contribution >= 4 is 51.5 Å². The number of hydrogen-bond donors (Lipinski definition) is 1. The molecule has 2 heterocycles. The van der Waals surface area contributed by atoms with Crippen molar-refractivity contribution < 1.29 is 27.8 Å². The molecule has 1 atom stereocenters. The third-order valence-corrected chi connectivity index (χ3v) is 7.84. The minimum absolute atomic E-state index is 0.187. The topological polar surface area (TPSA) is 59.4 Å². The number of methoxy groups -OCH3 is 1. The molecular weight excluding hydrogens is 523 g/mol. The molecule has 0 amide bonds. The van der Waals surface area contributed by atoms with Crippen LogP contribution in [0.25, 0.3) is 33.0 Å². The SMILES string of the molecule is COc1ccc2nc3c(c(C(=O)O)c2c1)CC(C)C/C3=C\c1ccc(-c2ccc(Cl)c(C(F)(F)F)c2)s1. The Morgan fingerprint density at radius 2 is 1.95 bits per heavy atom. The lowest BCUT2D eigenvalue weighted by Gasteiger charge is -2.26. The monoisotopic (exact) mass is 543 g/mol. The number of carbonyl (C=O) groups is 1. The molecule has 0 saturated heterocycles. The van der Waals surface area contributed by atoms with E-state index >= 15 is 0 Å². The van der Waals surface area contributed by atoms with Gasteiger partial charge in [0.1, 0.15) is 5.75 Å². The Labute approximate surface area is 220 Å². The van der Waals surface area contributed by atoms with E-state index in [1.54, 1.807) is 30.3 Å². The number of rotatable bonds is 4. The lowest BCUT2D eigenvalue weighted by molar-refractivity contribution is -0.137. The van der Waals surface area contributed by atoms with Gasteiger partial charge in [-0.15, -0.1) is 11.3 Å². The third-order valence-electron chi connectivity index (χ3n) is 6.43. The Balaban J connectivity index is 1.61.